The number of ether oxygens (including phenoxy) is 1. The first-order valence-corrected chi connectivity index (χ1v) is 7.91. The maximum atomic E-state index is 12.4. The Bertz CT molecular complexity index is 635. The molecule has 3 rings (SSSR count). The summed E-state index contributed by atoms with van der Waals surface area (Å²) in [5, 5.41) is 4.12. The third-order valence-corrected chi connectivity index (χ3v) is 4.62. The summed E-state index contributed by atoms with van der Waals surface area (Å²) >= 11 is 0. The van der Waals surface area contributed by atoms with Crippen molar-refractivity contribution in [3.8, 4) is 0 Å². The van der Waals surface area contributed by atoms with Crippen LogP contribution in [0.2, 0.25) is 0 Å². The second-order valence-corrected chi connectivity index (χ2v) is 6.39. The fourth-order valence-electron chi connectivity index (χ4n) is 3.11. The standard InChI is InChI=1S/C16H21N3O4/c1-18-8-11(7-17-18)15-12(5-6-14(21)19(15)2)16(22)23-9-13(20)10-3-4-10/h7-8,10,12,15H,3-6,9H2,1-2H3/t12-,15+/m0/s1. The topological polar surface area (TPSA) is 81.5 Å². The van der Waals surface area contributed by atoms with Crippen molar-refractivity contribution < 1.29 is 19.1 Å². The largest absolute Gasteiger partial charge is 0.457 e. The smallest absolute Gasteiger partial charge is 0.311 e. The number of rotatable bonds is 5. The van der Waals surface area contributed by atoms with E-state index in [0.717, 1.165) is 18.4 Å². The lowest BCUT2D eigenvalue weighted by atomic mass is 9.86. The van der Waals surface area contributed by atoms with Crippen LogP contribution < -0.4 is 0 Å². The Morgan fingerprint density at radius 2 is 2.04 bits per heavy atom. The Hall–Kier alpha value is -2.18. The number of hydrogen-bond donors (Lipinski definition) is 0. The lowest BCUT2D eigenvalue weighted by molar-refractivity contribution is -0.158. The van der Waals surface area contributed by atoms with E-state index in [9.17, 15) is 14.4 Å². The summed E-state index contributed by atoms with van der Waals surface area (Å²) in [6.45, 7) is -0.155. The van der Waals surface area contributed by atoms with Crippen LogP contribution in [0.3, 0.4) is 0 Å². The first-order valence-electron chi connectivity index (χ1n) is 7.91. The summed E-state index contributed by atoms with van der Waals surface area (Å²) in [5.41, 5.74) is 0.804. The molecule has 2 atom stereocenters. The zero-order chi connectivity index (χ0) is 16.6. The van der Waals surface area contributed by atoms with E-state index in [1.807, 2.05) is 0 Å². The molecule has 0 N–H and O–H groups in total. The fraction of sp³-hybridized carbons (Fsp3) is 0.625. The Balaban J connectivity index is 1.73. The molecule has 0 radical (unpaired) electrons. The number of carbonyl (C=O) groups excluding carboxylic acids is 3. The minimum atomic E-state index is -0.464. The van der Waals surface area contributed by atoms with E-state index in [0.29, 0.717) is 12.8 Å². The fourth-order valence-corrected chi connectivity index (χ4v) is 3.11. The predicted octanol–water partition coefficient (Wildman–Crippen LogP) is 0.852. The van der Waals surface area contributed by atoms with Crippen molar-refractivity contribution >= 4 is 17.7 Å². The van der Waals surface area contributed by atoms with Gasteiger partial charge in [0.25, 0.3) is 0 Å². The van der Waals surface area contributed by atoms with Gasteiger partial charge in [-0.05, 0) is 19.3 Å². The highest BCUT2D eigenvalue weighted by Crippen LogP contribution is 2.36. The molecule has 0 unspecified atom stereocenters. The monoisotopic (exact) mass is 319 g/mol. The number of amides is 1. The van der Waals surface area contributed by atoms with Gasteiger partial charge >= 0.3 is 5.97 Å². The van der Waals surface area contributed by atoms with Gasteiger partial charge < -0.3 is 9.64 Å². The molecule has 2 aliphatic rings. The molecule has 7 heteroatoms. The quantitative estimate of drug-likeness (QED) is 0.752. The molecule has 1 aromatic rings. The Morgan fingerprint density at radius 3 is 2.65 bits per heavy atom. The van der Waals surface area contributed by atoms with Crippen LogP contribution in [0.4, 0.5) is 0 Å². The molecule has 1 amide bonds. The Kier molecular flexibility index (Phi) is 4.19. The minimum Gasteiger partial charge on any atom is -0.457 e. The number of piperidine rings is 1. The van der Waals surface area contributed by atoms with E-state index in [1.54, 1.807) is 36.1 Å². The molecule has 1 aromatic heterocycles. The zero-order valence-corrected chi connectivity index (χ0v) is 13.4. The van der Waals surface area contributed by atoms with Crippen LogP contribution in [-0.2, 0) is 26.2 Å². The van der Waals surface area contributed by atoms with Crippen LogP contribution in [0.15, 0.2) is 12.4 Å². The van der Waals surface area contributed by atoms with Gasteiger partial charge in [0, 0.05) is 38.2 Å². The highest BCUT2D eigenvalue weighted by molar-refractivity contribution is 5.87. The van der Waals surface area contributed by atoms with Gasteiger partial charge in [-0.15, -0.1) is 0 Å². The van der Waals surface area contributed by atoms with Crippen molar-refractivity contribution in [1.29, 1.82) is 0 Å². The van der Waals surface area contributed by atoms with E-state index in [-0.39, 0.29) is 24.2 Å². The summed E-state index contributed by atoms with van der Waals surface area (Å²) in [4.78, 5) is 37.7. The molecule has 0 aromatic carbocycles. The molecular formula is C16H21N3O4. The van der Waals surface area contributed by atoms with E-state index >= 15 is 0 Å². The van der Waals surface area contributed by atoms with E-state index in [4.69, 9.17) is 4.74 Å². The molecule has 0 bridgehead atoms. The van der Waals surface area contributed by atoms with Crippen molar-refractivity contribution in [1.82, 2.24) is 14.7 Å². The van der Waals surface area contributed by atoms with Gasteiger partial charge in [0.15, 0.2) is 5.78 Å². The Labute approximate surface area is 134 Å². The number of nitrogens with zero attached hydrogens (tertiary/aromatic N) is 3. The van der Waals surface area contributed by atoms with Crippen LogP contribution >= 0.6 is 0 Å². The SMILES string of the molecule is CN1C(=O)CC[C@H](C(=O)OCC(=O)C2CC2)[C@H]1c1cnn(C)c1. The van der Waals surface area contributed by atoms with Crippen LogP contribution in [0.5, 0.6) is 0 Å². The summed E-state index contributed by atoms with van der Waals surface area (Å²) in [6.07, 6.45) is 6.00. The van der Waals surface area contributed by atoms with Gasteiger partial charge in [-0.3, -0.25) is 19.1 Å². The van der Waals surface area contributed by atoms with Gasteiger partial charge in [0.1, 0.15) is 6.61 Å². The van der Waals surface area contributed by atoms with Gasteiger partial charge in [-0.1, -0.05) is 0 Å². The number of carbonyl (C=O) groups is 3. The number of Topliss-reactive ketones (excluding diaryl/α,β-unsaturated/α-hetero) is 1. The van der Waals surface area contributed by atoms with Crippen LogP contribution in [0.1, 0.15) is 37.3 Å². The van der Waals surface area contributed by atoms with Crippen molar-refractivity contribution in [2.45, 2.75) is 31.7 Å². The molecule has 1 saturated carbocycles. The first-order chi connectivity index (χ1) is 11.0. The van der Waals surface area contributed by atoms with Crippen LogP contribution in [0, 0.1) is 11.8 Å². The van der Waals surface area contributed by atoms with Gasteiger partial charge in [0.2, 0.25) is 5.91 Å². The van der Waals surface area contributed by atoms with E-state index < -0.39 is 17.9 Å². The predicted molar refractivity (Wildman–Crippen MR) is 80.1 cm³/mol. The molecule has 2 fully saturated rings. The number of likely N-dealkylation sites (tertiary alicyclic amines) is 1. The number of aryl methyl sites for hydroxylation is 1. The summed E-state index contributed by atoms with van der Waals surface area (Å²) in [7, 11) is 3.48. The zero-order valence-electron chi connectivity index (χ0n) is 13.4. The number of esters is 1. The number of aromatic nitrogens is 2. The lowest BCUT2D eigenvalue weighted by Gasteiger charge is -2.37. The first kappa shape index (κ1) is 15.7. The Morgan fingerprint density at radius 1 is 1.30 bits per heavy atom. The summed E-state index contributed by atoms with van der Waals surface area (Å²) in [6, 6.07) is -0.395. The molecule has 124 valence electrons. The second-order valence-electron chi connectivity index (χ2n) is 6.39. The molecule has 1 aliphatic carbocycles. The van der Waals surface area contributed by atoms with Crippen molar-refractivity contribution in [2.75, 3.05) is 13.7 Å². The van der Waals surface area contributed by atoms with Crippen LogP contribution in [0.25, 0.3) is 0 Å². The molecular weight excluding hydrogens is 298 g/mol. The maximum Gasteiger partial charge on any atom is 0.311 e. The van der Waals surface area contributed by atoms with E-state index in [1.165, 1.54) is 0 Å². The molecule has 0 spiro atoms. The normalized spacial score (nSPS) is 24.6. The van der Waals surface area contributed by atoms with Crippen molar-refractivity contribution in [3.05, 3.63) is 18.0 Å². The molecule has 7 nitrogen and oxygen atoms in total. The number of hydrogen-bond acceptors (Lipinski definition) is 5. The third kappa shape index (κ3) is 3.28. The van der Waals surface area contributed by atoms with Crippen LogP contribution in [-0.4, -0.2) is 46.0 Å². The van der Waals surface area contributed by atoms with Gasteiger partial charge in [-0.25, -0.2) is 0 Å². The molecule has 2 heterocycles. The number of ketones is 1. The van der Waals surface area contributed by atoms with E-state index in [2.05, 4.69) is 5.10 Å². The molecule has 1 aliphatic heterocycles. The highest BCUT2D eigenvalue weighted by Gasteiger charge is 2.41. The minimum absolute atomic E-state index is 0.00281. The summed E-state index contributed by atoms with van der Waals surface area (Å²) in [5.74, 6) is -0.804. The average molecular weight is 319 g/mol. The van der Waals surface area contributed by atoms with Gasteiger partial charge in [-0.2, -0.15) is 5.10 Å². The average Bonchev–Trinajstić information content (AvgIpc) is 3.29. The van der Waals surface area contributed by atoms with Crippen molar-refractivity contribution in [2.24, 2.45) is 18.9 Å². The van der Waals surface area contributed by atoms with Gasteiger partial charge in [0.05, 0.1) is 18.2 Å². The molecule has 23 heavy (non-hydrogen) atoms. The third-order valence-electron chi connectivity index (χ3n) is 4.62. The lowest BCUT2D eigenvalue weighted by Crippen LogP contribution is -2.43. The highest BCUT2D eigenvalue weighted by atomic mass is 16.5. The van der Waals surface area contributed by atoms with Crippen molar-refractivity contribution in [3.63, 3.8) is 0 Å². The molecule has 1 saturated heterocycles. The second kappa shape index (κ2) is 6.14. The maximum absolute atomic E-state index is 12.4. The summed E-state index contributed by atoms with van der Waals surface area (Å²) < 4.78 is 6.87.